The average molecular weight is 627 g/mol. The Morgan fingerprint density at radius 2 is 1.04 bits per heavy atom. The van der Waals surface area contributed by atoms with E-state index in [0.717, 1.165) is 48.3 Å². The number of rotatable bonds is 5. The Labute approximate surface area is 285 Å². The first-order valence-corrected chi connectivity index (χ1v) is 17.4. The molecule has 10 rings (SSSR count). The van der Waals surface area contributed by atoms with Crippen molar-refractivity contribution in [2.24, 2.45) is 0 Å². The molecule has 0 aliphatic heterocycles. The van der Waals surface area contributed by atoms with E-state index in [1.165, 1.54) is 70.8 Å². The predicted molar refractivity (Wildman–Crippen MR) is 207 cm³/mol. The summed E-state index contributed by atoms with van der Waals surface area (Å²) in [6.07, 6.45) is 16.0. The summed E-state index contributed by atoms with van der Waals surface area (Å²) < 4.78 is 2.46. The molecule has 49 heavy (non-hydrogen) atoms. The molecule has 0 fully saturated rings. The normalized spacial score (nSPS) is 14.2. The van der Waals surface area contributed by atoms with Crippen molar-refractivity contribution in [3.05, 3.63) is 162 Å². The van der Waals surface area contributed by atoms with Crippen LogP contribution in [0.5, 0.6) is 0 Å². The fourth-order valence-corrected chi connectivity index (χ4v) is 8.11. The number of hydrogen-bond donors (Lipinski definition) is 0. The van der Waals surface area contributed by atoms with Crippen molar-refractivity contribution in [1.29, 1.82) is 0 Å². The highest BCUT2D eigenvalue weighted by Gasteiger charge is 2.19. The van der Waals surface area contributed by atoms with Crippen molar-refractivity contribution in [3.8, 4) is 39.2 Å². The summed E-state index contributed by atoms with van der Waals surface area (Å²) in [5.74, 6) is 0. The molecule has 0 unspecified atom stereocenters. The van der Waals surface area contributed by atoms with Gasteiger partial charge in [0, 0.05) is 22.0 Å². The maximum Gasteiger partial charge on any atom is 0.0716 e. The molecule has 0 radical (unpaired) electrons. The molecule has 232 valence electrons. The van der Waals surface area contributed by atoms with Crippen LogP contribution in [0, 0.1) is 0 Å². The van der Waals surface area contributed by atoms with Crippen molar-refractivity contribution < 1.29 is 0 Å². The molecule has 2 heterocycles. The van der Waals surface area contributed by atoms with Crippen LogP contribution in [0.4, 0.5) is 0 Å². The topological polar surface area (TPSA) is 17.8 Å². The van der Waals surface area contributed by atoms with Crippen molar-refractivity contribution in [2.45, 2.75) is 25.7 Å². The Balaban J connectivity index is 1.15. The average Bonchev–Trinajstić information content (AvgIpc) is 3.53. The molecule has 0 atom stereocenters. The van der Waals surface area contributed by atoms with Crippen molar-refractivity contribution in [3.63, 3.8) is 0 Å². The van der Waals surface area contributed by atoms with Gasteiger partial charge in [0.15, 0.2) is 0 Å². The van der Waals surface area contributed by atoms with Gasteiger partial charge in [-0.15, -0.1) is 0 Å². The molecule has 2 aromatic heterocycles. The van der Waals surface area contributed by atoms with E-state index in [4.69, 9.17) is 4.98 Å². The summed E-state index contributed by atoms with van der Waals surface area (Å²) >= 11 is 0. The number of pyridine rings is 1. The van der Waals surface area contributed by atoms with Crippen LogP contribution in [0.2, 0.25) is 0 Å². The Morgan fingerprint density at radius 1 is 0.449 bits per heavy atom. The third kappa shape index (κ3) is 4.59. The monoisotopic (exact) mass is 626 g/mol. The Hall–Kier alpha value is -5.99. The lowest BCUT2D eigenvalue weighted by molar-refractivity contribution is 1.04. The van der Waals surface area contributed by atoms with Crippen LogP contribution in [-0.4, -0.2) is 9.55 Å². The quantitative estimate of drug-likeness (QED) is 0.174. The number of hydrogen-bond acceptors (Lipinski definition) is 1. The van der Waals surface area contributed by atoms with Crippen LogP contribution in [0.25, 0.3) is 89.5 Å². The first kappa shape index (κ1) is 28.1. The minimum Gasteiger partial charge on any atom is -0.309 e. The lowest BCUT2D eigenvalue weighted by atomic mass is 9.94. The predicted octanol–water partition coefficient (Wildman–Crippen LogP) is 10.9. The van der Waals surface area contributed by atoms with Crippen LogP contribution >= 0.6 is 0 Å². The smallest absolute Gasteiger partial charge is 0.0716 e. The summed E-state index contributed by atoms with van der Waals surface area (Å²) in [7, 11) is 0. The second-order valence-corrected chi connectivity index (χ2v) is 13.3. The molecule has 6 aromatic carbocycles. The van der Waals surface area contributed by atoms with Gasteiger partial charge >= 0.3 is 0 Å². The largest absolute Gasteiger partial charge is 0.309 e. The lowest BCUT2D eigenvalue weighted by Crippen LogP contribution is -2.28. The minimum absolute atomic E-state index is 0.981. The standard InChI is InChI=1S/C47H34N2/c1-3-12-31(13-4-1)32-24-26-33(27-25-32)36-29-42(34-14-5-2-6-15-34)48-43(30-36)35-16-9-17-37(28-35)49-44-22-10-20-40-38-18-7-8-19-39(38)41-21-11-23-45(49)47(41)46(40)44/h1,3-5,9-30H,2,6-8H2. The highest BCUT2D eigenvalue weighted by Crippen LogP contribution is 2.38. The Bertz CT molecular complexity index is 2650. The molecule has 2 aliphatic carbocycles. The Kier molecular flexibility index (Phi) is 6.48. The zero-order valence-corrected chi connectivity index (χ0v) is 27.2. The molecular formula is C47H34N2. The molecule has 0 N–H and O–H groups in total. The second-order valence-electron chi connectivity index (χ2n) is 13.3. The van der Waals surface area contributed by atoms with Crippen LogP contribution < -0.4 is 10.4 Å². The first-order chi connectivity index (χ1) is 24.3. The molecule has 2 heteroatoms. The third-order valence-electron chi connectivity index (χ3n) is 10.4. The van der Waals surface area contributed by atoms with E-state index in [1.54, 1.807) is 0 Å². The van der Waals surface area contributed by atoms with Gasteiger partial charge in [0.2, 0.25) is 0 Å². The summed E-state index contributed by atoms with van der Waals surface area (Å²) in [4.78, 5) is 5.31. The lowest BCUT2D eigenvalue weighted by Gasteiger charge is -2.14. The minimum atomic E-state index is 0.981. The zero-order valence-electron chi connectivity index (χ0n) is 27.2. The zero-order chi connectivity index (χ0) is 32.3. The van der Waals surface area contributed by atoms with Gasteiger partial charge in [-0.25, -0.2) is 4.98 Å². The summed E-state index contributed by atoms with van der Waals surface area (Å²) in [5, 5.41) is 8.21. The molecule has 0 saturated carbocycles. The summed E-state index contributed by atoms with van der Waals surface area (Å²) in [6, 6.07) is 46.6. The fraction of sp³-hybridized carbons (Fsp3) is 0.0851. The molecule has 0 spiro atoms. The fourth-order valence-electron chi connectivity index (χ4n) is 8.11. The number of aromatic nitrogens is 2. The van der Waals surface area contributed by atoms with Gasteiger partial charge in [0.25, 0.3) is 0 Å². The molecule has 0 saturated heterocycles. The van der Waals surface area contributed by atoms with E-state index in [-0.39, 0.29) is 0 Å². The summed E-state index contributed by atoms with van der Waals surface area (Å²) in [5.41, 5.74) is 12.8. The SMILES string of the molecule is C1=CC(c2cc(-c3ccc(-c4ccccc4)cc3)cc(-c3cccc(-n4c5cccc6c7c(c8cccc4c8c65)=CCCC=7)c3)n2)=CCC1. The third-order valence-corrected chi connectivity index (χ3v) is 10.4. The first-order valence-electron chi connectivity index (χ1n) is 17.4. The van der Waals surface area contributed by atoms with Crippen LogP contribution in [0.1, 0.15) is 31.4 Å². The van der Waals surface area contributed by atoms with Gasteiger partial charge in [0.1, 0.15) is 0 Å². The van der Waals surface area contributed by atoms with Crippen molar-refractivity contribution >= 4 is 50.3 Å². The van der Waals surface area contributed by atoms with Crippen LogP contribution in [-0.2, 0) is 0 Å². The van der Waals surface area contributed by atoms with Crippen molar-refractivity contribution in [1.82, 2.24) is 9.55 Å². The Morgan fingerprint density at radius 3 is 1.71 bits per heavy atom. The molecule has 2 nitrogen and oxygen atoms in total. The number of fused-ring (bicyclic) bond motifs is 3. The summed E-state index contributed by atoms with van der Waals surface area (Å²) in [6.45, 7) is 0. The number of nitrogens with zero attached hydrogens (tertiary/aromatic N) is 2. The molecule has 0 amide bonds. The van der Waals surface area contributed by atoms with E-state index < -0.39 is 0 Å². The number of benzene rings is 6. The highest BCUT2D eigenvalue weighted by atomic mass is 15.0. The van der Waals surface area contributed by atoms with Gasteiger partial charge < -0.3 is 4.57 Å². The van der Waals surface area contributed by atoms with Gasteiger partial charge in [-0.2, -0.15) is 0 Å². The maximum atomic E-state index is 5.31. The molecule has 2 aliphatic rings. The van der Waals surface area contributed by atoms with Crippen molar-refractivity contribution in [2.75, 3.05) is 0 Å². The number of allylic oxidation sites excluding steroid dienone is 4. The van der Waals surface area contributed by atoms with Gasteiger partial charge in [-0.1, -0.05) is 121 Å². The van der Waals surface area contributed by atoms with E-state index in [0.29, 0.717) is 0 Å². The molecular weight excluding hydrogens is 593 g/mol. The van der Waals surface area contributed by atoms with Gasteiger partial charge in [0.05, 0.1) is 22.4 Å². The van der Waals surface area contributed by atoms with Crippen LogP contribution in [0.15, 0.2) is 146 Å². The van der Waals surface area contributed by atoms with Gasteiger partial charge in [-0.05, 0) is 111 Å². The molecule has 8 aromatic rings. The van der Waals surface area contributed by atoms with E-state index in [9.17, 15) is 0 Å². The molecule has 0 bridgehead atoms. The second kappa shape index (κ2) is 11.3. The maximum absolute atomic E-state index is 5.31. The van der Waals surface area contributed by atoms with Crippen LogP contribution in [0.3, 0.4) is 0 Å². The van der Waals surface area contributed by atoms with E-state index in [2.05, 4.69) is 162 Å². The van der Waals surface area contributed by atoms with E-state index in [1.807, 2.05) is 0 Å². The highest BCUT2D eigenvalue weighted by molar-refractivity contribution is 6.24. The van der Waals surface area contributed by atoms with Gasteiger partial charge in [-0.3, -0.25) is 0 Å². The van der Waals surface area contributed by atoms with E-state index >= 15 is 0 Å².